The first-order valence-corrected chi connectivity index (χ1v) is 3.53. The second-order valence-electron chi connectivity index (χ2n) is 1.62. The van der Waals surface area contributed by atoms with Gasteiger partial charge < -0.3 is 0 Å². The zero-order valence-electron chi connectivity index (χ0n) is 5.14. The van der Waals surface area contributed by atoms with Crippen molar-refractivity contribution in [3.63, 3.8) is 0 Å². The first-order valence-electron chi connectivity index (χ1n) is 2.59. The van der Waals surface area contributed by atoms with Crippen molar-refractivity contribution in [2.45, 2.75) is 26.8 Å². The maximum Gasteiger partial charge on any atom is 0.0312 e. The molecule has 0 unspecified atom stereocenters. The Bertz CT molecular complexity index is 37.1. The Kier molecular flexibility index (Phi) is 4.67. The lowest BCUT2D eigenvalue weighted by Crippen LogP contribution is -2.05. The van der Waals surface area contributed by atoms with Gasteiger partial charge in [0.15, 0.2) is 0 Å². The summed E-state index contributed by atoms with van der Waals surface area (Å²) >= 11 is 1.64. The molecule has 0 saturated heterocycles. The molecule has 0 saturated carbocycles. The molecule has 0 rings (SSSR count). The van der Waals surface area contributed by atoms with E-state index in [1.807, 2.05) is 0 Å². The highest BCUT2D eigenvalue weighted by Crippen LogP contribution is 1.95. The molecule has 0 aromatic carbocycles. The van der Waals surface area contributed by atoms with Gasteiger partial charge in [-0.15, -0.1) is 0 Å². The number of nitrogens with zero attached hydrogens (tertiary/aromatic N) is 1. The van der Waals surface area contributed by atoms with E-state index in [0.717, 1.165) is 5.75 Å². The maximum atomic E-state index is 4.16. The average Bonchev–Trinajstić information content (AvgIpc) is 1.61. The van der Waals surface area contributed by atoms with Crippen molar-refractivity contribution in [2.24, 2.45) is 0 Å². The van der Waals surface area contributed by atoms with Gasteiger partial charge >= 0.3 is 0 Å². The van der Waals surface area contributed by atoms with Gasteiger partial charge in [0.25, 0.3) is 0 Å². The fourth-order valence-electron chi connectivity index (χ4n) is 0.224. The predicted octanol–water partition coefficient (Wildman–Crippen LogP) is 1.67. The van der Waals surface area contributed by atoms with Gasteiger partial charge in [-0.05, 0) is 13.8 Å². The van der Waals surface area contributed by atoms with Crippen molar-refractivity contribution < 1.29 is 0 Å². The summed E-state index contributed by atoms with van der Waals surface area (Å²) < 4.78 is 4.16. The normalized spacial score (nSPS) is 10.3. The molecule has 0 aromatic heterocycles. The highest BCUT2D eigenvalue weighted by atomic mass is 32.2. The van der Waals surface area contributed by atoms with E-state index in [0.29, 0.717) is 6.04 Å². The van der Waals surface area contributed by atoms with Crippen LogP contribution in [0.5, 0.6) is 0 Å². The molecule has 0 aliphatic carbocycles. The highest BCUT2D eigenvalue weighted by Gasteiger charge is 1.89. The molecule has 0 atom stereocenters. The third-order valence-corrected chi connectivity index (χ3v) is 1.24. The van der Waals surface area contributed by atoms with Gasteiger partial charge in [-0.2, -0.15) is 4.72 Å². The third kappa shape index (κ3) is 6.31. The summed E-state index contributed by atoms with van der Waals surface area (Å²) in [6.45, 7) is 6.28. The zero-order chi connectivity index (χ0) is 5.70. The summed E-state index contributed by atoms with van der Waals surface area (Å²) in [6, 6.07) is 0.491. The average molecular weight is 118 g/mol. The van der Waals surface area contributed by atoms with Crippen LogP contribution >= 0.6 is 11.9 Å². The quantitative estimate of drug-likeness (QED) is 0.514. The lowest BCUT2D eigenvalue weighted by molar-refractivity contribution is 0.760. The van der Waals surface area contributed by atoms with Crippen molar-refractivity contribution in [3.8, 4) is 0 Å². The number of hydrogen-bond donors (Lipinski definition) is 0. The van der Waals surface area contributed by atoms with E-state index in [9.17, 15) is 0 Å². The van der Waals surface area contributed by atoms with E-state index < -0.39 is 0 Å². The summed E-state index contributed by atoms with van der Waals surface area (Å²) in [5, 5.41) is 0. The molecule has 1 nitrogen and oxygen atoms in total. The summed E-state index contributed by atoms with van der Waals surface area (Å²) in [6.07, 6.45) is 0. The molecule has 0 heterocycles. The maximum absolute atomic E-state index is 4.16. The van der Waals surface area contributed by atoms with Crippen LogP contribution in [0.4, 0.5) is 0 Å². The van der Waals surface area contributed by atoms with Crippen LogP contribution in [-0.4, -0.2) is 11.8 Å². The van der Waals surface area contributed by atoms with Crippen LogP contribution in [0, 0.1) is 0 Å². The SMILES string of the molecule is CCS[N]C(C)C. The second-order valence-corrected chi connectivity index (χ2v) is 2.66. The molecule has 7 heavy (non-hydrogen) atoms. The van der Waals surface area contributed by atoms with Crippen LogP contribution in [0.15, 0.2) is 0 Å². The van der Waals surface area contributed by atoms with E-state index in [2.05, 4.69) is 25.5 Å². The summed E-state index contributed by atoms with van der Waals surface area (Å²) in [7, 11) is 0. The van der Waals surface area contributed by atoms with E-state index in [1.165, 1.54) is 0 Å². The van der Waals surface area contributed by atoms with E-state index >= 15 is 0 Å². The minimum Gasteiger partial charge on any atom is -0.173 e. The van der Waals surface area contributed by atoms with Crippen molar-refractivity contribution in [1.82, 2.24) is 4.72 Å². The van der Waals surface area contributed by atoms with Crippen molar-refractivity contribution >= 4 is 11.9 Å². The molecule has 0 aliphatic rings. The molecule has 0 N–H and O–H groups in total. The van der Waals surface area contributed by atoms with Crippen LogP contribution in [0.3, 0.4) is 0 Å². The van der Waals surface area contributed by atoms with E-state index in [-0.39, 0.29) is 0 Å². The Balaban J connectivity index is 2.68. The van der Waals surface area contributed by atoms with Gasteiger partial charge in [-0.1, -0.05) is 18.9 Å². The Hall–Kier alpha value is 0.310. The number of hydrogen-bond acceptors (Lipinski definition) is 1. The van der Waals surface area contributed by atoms with Gasteiger partial charge in [0.1, 0.15) is 0 Å². The van der Waals surface area contributed by atoms with Crippen LogP contribution in [0.1, 0.15) is 20.8 Å². The van der Waals surface area contributed by atoms with Crippen molar-refractivity contribution in [1.29, 1.82) is 0 Å². The first kappa shape index (κ1) is 7.31. The zero-order valence-corrected chi connectivity index (χ0v) is 5.96. The first-order chi connectivity index (χ1) is 3.27. The van der Waals surface area contributed by atoms with Crippen molar-refractivity contribution in [3.05, 3.63) is 0 Å². The van der Waals surface area contributed by atoms with Crippen LogP contribution in [-0.2, 0) is 0 Å². The Morgan fingerprint density at radius 1 is 1.57 bits per heavy atom. The van der Waals surface area contributed by atoms with Crippen molar-refractivity contribution in [2.75, 3.05) is 5.75 Å². The van der Waals surface area contributed by atoms with Crippen LogP contribution < -0.4 is 4.72 Å². The largest absolute Gasteiger partial charge is 0.173 e. The molecule has 2 heteroatoms. The highest BCUT2D eigenvalue weighted by molar-refractivity contribution is 7.97. The summed E-state index contributed by atoms with van der Waals surface area (Å²) in [4.78, 5) is 0. The minimum atomic E-state index is 0.491. The smallest absolute Gasteiger partial charge is 0.0312 e. The molecular formula is C5H12NS. The Morgan fingerprint density at radius 3 is 2.29 bits per heavy atom. The Labute approximate surface area is 50.0 Å². The molecule has 0 bridgehead atoms. The topological polar surface area (TPSA) is 14.1 Å². The molecule has 1 radical (unpaired) electrons. The van der Waals surface area contributed by atoms with Gasteiger partial charge in [0, 0.05) is 11.8 Å². The molecule has 43 valence electrons. The molecular weight excluding hydrogens is 106 g/mol. The molecule has 0 fully saturated rings. The lowest BCUT2D eigenvalue weighted by Gasteiger charge is -1.99. The van der Waals surface area contributed by atoms with Gasteiger partial charge in [-0.25, -0.2) is 0 Å². The summed E-state index contributed by atoms with van der Waals surface area (Å²) in [5.41, 5.74) is 0. The molecule has 0 spiro atoms. The van der Waals surface area contributed by atoms with E-state index in [1.54, 1.807) is 11.9 Å². The predicted molar refractivity (Wildman–Crippen MR) is 35.4 cm³/mol. The van der Waals surface area contributed by atoms with Crippen LogP contribution in [0.25, 0.3) is 0 Å². The van der Waals surface area contributed by atoms with Gasteiger partial charge in [0.05, 0.1) is 0 Å². The van der Waals surface area contributed by atoms with Crippen LogP contribution in [0.2, 0.25) is 0 Å². The molecule has 0 amide bonds. The second kappa shape index (κ2) is 4.47. The fourth-order valence-corrected chi connectivity index (χ4v) is 0.671. The fraction of sp³-hybridized carbons (Fsp3) is 1.00. The summed E-state index contributed by atoms with van der Waals surface area (Å²) in [5.74, 6) is 1.10. The Morgan fingerprint density at radius 2 is 2.14 bits per heavy atom. The standard InChI is InChI=1S/C5H12NS/c1-4-7-6-5(2)3/h5H,4H2,1-3H3. The van der Waals surface area contributed by atoms with Gasteiger partial charge in [0.2, 0.25) is 0 Å². The monoisotopic (exact) mass is 118 g/mol. The lowest BCUT2D eigenvalue weighted by atomic mass is 10.4. The third-order valence-electron chi connectivity index (χ3n) is 0.414. The van der Waals surface area contributed by atoms with E-state index in [4.69, 9.17) is 0 Å². The van der Waals surface area contributed by atoms with Gasteiger partial charge in [-0.3, -0.25) is 0 Å². The molecule has 0 aliphatic heterocycles. The minimum absolute atomic E-state index is 0.491. The number of rotatable bonds is 3. The molecule has 0 aromatic rings.